The molecule has 1 aliphatic heterocycles. The van der Waals surface area contributed by atoms with Crippen molar-refractivity contribution in [1.82, 2.24) is 10.2 Å². The van der Waals surface area contributed by atoms with E-state index in [9.17, 15) is 9.18 Å². The molecule has 1 aromatic heterocycles. The summed E-state index contributed by atoms with van der Waals surface area (Å²) in [5.74, 6) is 0.215. The Hall–Kier alpha value is -1.92. The molecule has 0 radical (unpaired) electrons. The highest BCUT2D eigenvalue weighted by Crippen LogP contribution is 2.31. The molecule has 1 aromatic carbocycles. The number of carbonyl (C=O) groups is 1. The van der Waals surface area contributed by atoms with E-state index in [0.29, 0.717) is 0 Å². The van der Waals surface area contributed by atoms with Crippen molar-refractivity contribution < 1.29 is 9.18 Å². The number of carbonyl (C=O) groups excluding carboxylic acids is 1. The largest absolute Gasteiger partial charge is 0.369 e. The molecule has 2 unspecified atom stereocenters. The Morgan fingerprint density at radius 3 is 2.40 bits per heavy atom. The van der Waals surface area contributed by atoms with E-state index in [4.69, 9.17) is 0 Å². The van der Waals surface area contributed by atoms with Gasteiger partial charge < -0.3 is 10.2 Å². The highest BCUT2D eigenvalue weighted by molar-refractivity contribution is 7.10. The topological polar surface area (TPSA) is 35.6 Å². The van der Waals surface area contributed by atoms with Crippen LogP contribution in [-0.4, -0.2) is 43.0 Å². The lowest BCUT2D eigenvalue weighted by molar-refractivity contribution is -0.127. The Balaban J connectivity index is 1.41. The summed E-state index contributed by atoms with van der Waals surface area (Å²) < 4.78 is 13.2. The number of halogens is 1. The minimum absolute atomic E-state index is 0.0652. The molecule has 2 aromatic rings. The average Bonchev–Trinajstić information content (AvgIpc) is 3.30. The Bertz CT molecular complexity index is 796. The van der Waals surface area contributed by atoms with Gasteiger partial charge in [0, 0.05) is 48.7 Å². The van der Waals surface area contributed by atoms with Crippen molar-refractivity contribution in [2.75, 3.05) is 31.1 Å². The predicted octanol–water partition coefficient (Wildman–Crippen LogP) is 4.84. The number of hydrogen-bond acceptors (Lipinski definition) is 4. The van der Waals surface area contributed by atoms with Crippen LogP contribution in [0.3, 0.4) is 0 Å². The van der Waals surface area contributed by atoms with Crippen LogP contribution in [0, 0.1) is 11.7 Å². The molecule has 6 heteroatoms. The fourth-order valence-electron chi connectivity index (χ4n) is 4.90. The second-order valence-electron chi connectivity index (χ2n) is 8.59. The Morgan fingerprint density at radius 1 is 1.07 bits per heavy atom. The first-order chi connectivity index (χ1) is 14.6. The van der Waals surface area contributed by atoms with Crippen molar-refractivity contribution in [2.45, 2.75) is 51.1 Å². The number of thiophene rings is 1. The Morgan fingerprint density at radius 2 is 1.77 bits per heavy atom. The second-order valence-corrected chi connectivity index (χ2v) is 9.57. The number of nitrogens with one attached hydrogen (secondary N) is 1. The minimum atomic E-state index is -0.197. The molecule has 0 spiro atoms. The summed E-state index contributed by atoms with van der Waals surface area (Å²) in [6, 6.07) is 11.3. The van der Waals surface area contributed by atoms with Crippen LogP contribution in [0.4, 0.5) is 10.1 Å². The third-order valence-electron chi connectivity index (χ3n) is 6.55. The maximum absolute atomic E-state index is 13.2. The molecule has 162 valence electrons. The van der Waals surface area contributed by atoms with Gasteiger partial charge in [-0.3, -0.25) is 9.69 Å². The monoisotopic (exact) mass is 429 g/mol. The normalized spacial score (nSPS) is 20.7. The van der Waals surface area contributed by atoms with E-state index in [0.717, 1.165) is 44.7 Å². The number of benzene rings is 1. The number of anilines is 1. The van der Waals surface area contributed by atoms with Gasteiger partial charge in [0.15, 0.2) is 0 Å². The fourth-order valence-corrected chi connectivity index (χ4v) is 5.86. The van der Waals surface area contributed by atoms with Crippen molar-refractivity contribution >= 4 is 22.9 Å². The molecule has 1 N–H and O–H groups in total. The molecule has 2 aliphatic rings. The molecule has 1 amide bonds. The van der Waals surface area contributed by atoms with Crippen LogP contribution in [0.1, 0.15) is 49.9 Å². The first-order valence-corrected chi connectivity index (χ1v) is 12.1. The summed E-state index contributed by atoms with van der Waals surface area (Å²) in [7, 11) is 0. The van der Waals surface area contributed by atoms with Crippen molar-refractivity contribution in [3.05, 3.63) is 52.5 Å². The average molecular weight is 430 g/mol. The highest BCUT2D eigenvalue weighted by atomic mass is 32.1. The Labute approximate surface area is 183 Å². The van der Waals surface area contributed by atoms with Gasteiger partial charge in [0.05, 0.1) is 6.04 Å². The molecule has 0 bridgehead atoms. The summed E-state index contributed by atoms with van der Waals surface area (Å²) in [6.07, 6.45) is 5.66. The predicted molar refractivity (Wildman–Crippen MR) is 121 cm³/mol. The molecule has 2 heterocycles. The van der Waals surface area contributed by atoms with Gasteiger partial charge in [-0.1, -0.05) is 25.3 Å². The first kappa shape index (κ1) is 21.3. The van der Waals surface area contributed by atoms with Crippen LogP contribution in [0.5, 0.6) is 0 Å². The van der Waals surface area contributed by atoms with Crippen LogP contribution < -0.4 is 10.2 Å². The molecule has 1 saturated heterocycles. The zero-order valence-electron chi connectivity index (χ0n) is 17.7. The van der Waals surface area contributed by atoms with Crippen molar-refractivity contribution in [3.63, 3.8) is 0 Å². The van der Waals surface area contributed by atoms with Crippen LogP contribution in [0.25, 0.3) is 0 Å². The number of nitrogens with zero attached hydrogens (tertiary/aromatic N) is 2. The molecule has 4 rings (SSSR count). The van der Waals surface area contributed by atoms with E-state index in [-0.39, 0.29) is 29.7 Å². The Kier molecular flexibility index (Phi) is 7.05. The van der Waals surface area contributed by atoms with E-state index >= 15 is 0 Å². The van der Waals surface area contributed by atoms with E-state index in [1.807, 2.05) is 12.1 Å². The number of piperazine rings is 1. The molecule has 2 atom stereocenters. The quantitative estimate of drug-likeness (QED) is 0.714. The van der Waals surface area contributed by atoms with E-state index < -0.39 is 0 Å². The summed E-state index contributed by atoms with van der Waals surface area (Å²) in [5.41, 5.74) is 1.07. The van der Waals surface area contributed by atoms with E-state index in [1.54, 1.807) is 11.3 Å². The van der Waals surface area contributed by atoms with Gasteiger partial charge in [-0.25, -0.2) is 4.39 Å². The maximum atomic E-state index is 13.2. The second kappa shape index (κ2) is 9.92. The van der Waals surface area contributed by atoms with Gasteiger partial charge in [-0.2, -0.15) is 0 Å². The molecule has 2 fully saturated rings. The number of rotatable bonds is 6. The summed E-state index contributed by atoms with van der Waals surface area (Å²) in [4.78, 5) is 19.0. The lowest BCUT2D eigenvalue weighted by Gasteiger charge is -2.42. The number of amides is 1. The lowest BCUT2D eigenvalue weighted by Crippen LogP contribution is -2.53. The van der Waals surface area contributed by atoms with Gasteiger partial charge in [0.2, 0.25) is 5.91 Å². The zero-order valence-corrected chi connectivity index (χ0v) is 18.5. The smallest absolute Gasteiger partial charge is 0.223 e. The third-order valence-corrected chi connectivity index (χ3v) is 7.50. The van der Waals surface area contributed by atoms with Crippen molar-refractivity contribution in [3.8, 4) is 0 Å². The molecule has 4 nitrogen and oxygen atoms in total. The molecule has 1 saturated carbocycles. The van der Waals surface area contributed by atoms with Crippen molar-refractivity contribution in [2.24, 2.45) is 5.92 Å². The van der Waals surface area contributed by atoms with Gasteiger partial charge in [0.25, 0.3) is 0 Å². The molecular formula is C24H32FN3OS. The van der Waals surface area contributed by atoms with Crippen LogP contribution in [0.2, 0.25) is 0 Å². The van der Waals surface area contributed by atoms with E-state index in [1.165, 1.54) is 36.3 Å². The van der Waals surface area contributed by atoms with Crippen LogP contribution in [-0.2, 0) is 4.79 Å². The van der Waals surface area contributed by atoms with Crippen LogP contribution in [0.15, 0.2) is 41.8 Å². The highest BCUT2D eigenvalue weighted by Gasteiger charge is 2.32. The molecule has 30 heavy (non-hydrogen) atoms. The van der Waals surface area contributed by atoms with E-state index in [2.05, 4.69) is 39.6 Å². The summed E-state index contributed by atoms with van der Waals surface area (Å²) in [5, 5.41) is 5.47. The van der Waals surface area contributed by atoms with Crippen molar-refractivity contribution in [1.29, 1.82) is 0 Å². The standard InChI is InChI=1S/C24H32FN3OS/c1-18(26-24(29)19-6-3-2-4-7-19)23(22-8-5-17-30-22)28-15-13-27(14-16-28)21-11-9-20(25)10-12-21/h5,8-12,17-19,23H,2-4,6-7,13-16H2,1H3,(H,26,29). The third kappa shape index (κ3) is 5.03. The van der Waals surface area contributed by atoms with Gasteiger partial charge in [0.1, 0.15) is 5.82 Å². The SMILES string of the molecule is CC(NC(=O)C1CCCCC1)C(c1cccs1)N1CCN(c2ccc(F)cc2)CC1. The number of hydrogen-bond donors (Lipinski definition) is 1. The molecule has 1 aliphatic carbocycles. The summed E-state index contributed by atoms with van der Waals surface area (Å²) >= 11 is 1.77. The van der Waals surface area contributed by atoms with Gasteiger partial charge in [-0.05, 0) is 55.5 Å². The molecular weight excluding hydrogens is 397 g/mol. The first-order valence-electron chi connectivity index (χ1n) is 11.2. The van der Waals surface area contributed by atoms with Crippen LogP contribution >= 0.6 is 11.3 Å². The summed E-state index contributed by atoms with van der Waals surface area (Å²) in [6.45, 7) is 5.79. The lowest BCUT2D eigenvalue weighted by atomic mass is 9.88. The fraction of sp³-hybridized carbons (Fsp3) is 0.542. The maximum Gasteiger partial charge on any atom is 0.223 e. The minimum Gasteiger partial charge on any atom is -0.369 e. The van der Waals surface area contributed by atoms with Gasteiger partial charge >= 0.3 is 0 Å². The van der Waals surface area contributed by atoms with Gasteiger partial charge in [-0.15, -0.1) is 11.3 Å². The zero-order chi connectivity index (χ0) is 20.9.